The first-order chi connectivity index (χ1) is 12.1. The predicted octanol–water partition coefficient (Wildman–Crippen LogP) is 4.97. The smallest absolute Gasteiger partial charge is 0.161 e. The summed E-state index contributed by atoms with van der Waals surface area (Å²) < 4.78 is 11.8. The van der Waals surface area contributed by atoms with E-state index < -0.39 is 0 Å². The number of benzene rings is 2. The summed E-state index contributed by atoms with van der Waals surface area (Å²) in [6, 6.07) is 11.8. The lowest BCUT2D eigenvalue weighted by Crippen LogP contribution is -1.95. The van der Waals surface area contributed by atoms with Gasteiger partial charge in [0.05, 0.1) is 19.8 Å². The normalized spacial score (nSPS) is 11.9. The van der Waals surface area contributed by atoms with Crippen molar-refractivity contribution in [1.82, 2.24) is 10.2 Å². The number of hydrogen-bond donors (Lipinski definition) is 2. The fourth-order valence-electron chi connectivity index (χ4n) is 3.09. The third kappa shape index (κ3) is 2.49. The summed E-state index contributed by atoms with van der Waals surface area (Å²) >= 11 is 3.48. The van der Waals surface area contributed by atoms with Crippen LogP contribution in [0.4, 0.5) is 11.5 Å². The summed E-state index contributed by atoms with van der Waals surface area (Å²) in [5.41, 5.74) is 5.67. The molecule has 4 rings (SSSR count). The van der Waals surface area contributed by atoms with Gasteiger partial charge in [0.2, 0.25) is 0 Å². The number of nitrogens with zero attached hydrogens (tertiary/aromatic N) is 1. The largest absolute Gasteiger partial charge is 0.493 e. The third-order valence-electron chi connectivity index (χ3n) is 4.27. The van der Waals surface area contributed by atoms with E-state index in [2.05, 4.69) is 38.0 Å². The Morgan fingerprint density at radius 3 is 2.48 bits per heavy atom. The molecule has 5 nitrogen and oxygen atoms in total. The minimum absolute atomic E-state index is 0.673. The molecular formula is C19H16BrN3O2. The lowest BCUT2D eigenvalue weighted by molar-refractivity contribution is 0.355. The van der Waals surface area contributed by atoms with Crippen LogP contribution in [-0.2, 0) is 0 Å². The molecule has 0 unspecified atom stereocenters. The van der Waals surface area contributed by atoms with Crippen molar-refractivity contribution in [3.8, 4) is 22.8 Å². The molecule has 0 saturated heterocycles. The van der Waals surface area contributed by atoms with Crippen molar-refractivity contribution in [3.63, 3.8) is 0 Å². The quantitative estimate of drug-likeness (QED) is 0.509. The van der Waals surface area contributed by atoms with E-state index in [-0.39, 0.29) is 0 Å². The molecule has 2 aromatic carbocycles. The first-order valence-corrected chi connectivity index (χ1v) is 8.48. The molecule has 0 spiro atoms. The average Bonchev–Trinajstić information content (AvgIpc) is 3.14. The zero-order chi connectivity index (χ0) is 17.6. The summed E-state index contributed by atoms with van der Waals surface area (Å²) in [6.07, 6.45) is 0. The number of anilines is 2. The number of rotatable bonds is 4. The Morgan fingerprint density at radius 2 is 1.80 bits per heavy atom. The summed E-state index contributed by atoms with van der Waals surface area (Å²) in [6.45, 7) is 4.25. The highest BCUT2D eigenvalue weighted by Gasteiger charge is 2.30. The zero-order valence-electron chi connectivity index (χ0n) is 13.8. The molecule has 1 aliphatic carbocycles. The first kappa shape index (κ1) is 15.8. The molecule has 25 heavy (non-hydrogen) atoms. The van der Waals surface area contributed by atoms with E-state index in [0.29, 0.717) is 11.5 Å². The maximum atomic E-state index is 5.41. The van der Waals surface area contributed by atoms with Gasteiger partial charge < -0.3 is 14.8 Å². The van der Waals surface area contributed by atoms with Gasteiger partial charge in [-0.05, 0) is 41.5 Å². The second kappa shape index (κ2) is 5.97. The van der Waals surface area contributed by atoms with Crippen molar-refractivity contribution in [1.29, 1.82) is 0 Å². The van der Waals surface area contributed by atoms with Crippen molar-refractivity contribution in [3.05, 3.63) is 58.6 Å². The van der Waals surface area contributed by atoms with Gasteiger partial charge in [0.25, 0.3) is 0 Å². The topological polar surface area (TPSA) is 59.2 Å². The summed E-state index contributed by atoms with van der Waals surface area (Å²) in [5, 5.41) is 10.9. The number of nitrogens with one attached hydrogen (secondary N) is 2. The van der Waals surface area contributed by atoms with Gasteiger partial charge in [0, 0.05) is 15.7 Å². The molecular weight excluding hydrogens is 382 g/mol. The average molecular weight is 398 g/mol. The molecule has 0 bridgehead atoms. The highest BCUT2D eigenvalue weighted by Crippen LogP contribution is 2.49. The van der Waals surface area contributed by atoms with Crippen LogP contribution in [0.3, 0.4) is 0 Å². The number of aromatic nitrogens is 2. The van der Waals surface area contributed by atoms with Gasteiger partial charge in [0.1, 0.15) is 11.5 Å². The number of H-pyrrole nitrogens is 1. The van der Waals surface area contributed by atoms with E-state index in [1.807, 2.05) is 36.4 Å². The Morgan fingerprint density at radius 1 is 1.08 bits per heavy atom. The number of fused-ring (bicyclic) bond motifs is 3. The van der Waals surface area contributed by atoms with E-state index in [0.717, 1.165) is 43.9 Å². The third-order valence-corrected chi connectivity index (χ3v) is 4.76. The molecule has 1 heterocycles. The number of ether oxygens (including phenoxy) is 2. The van der Waals surface area contributed by atoms with E-state index in [1.54, 1.807) is 14.2 Å². The van der Waals surface area contributed by atoms with Gasteiger partial charge in [-0.3, -0.25) is 5.10 Å². The highest BCUT2D eigenvalue weighted by molar-refractivity contribution is 9.10. The second-order valence-electron chi connectivity index (χ2n) is 5.69. The van der Waals surface area contributed by atoms with Gasteiger partial charge in [-0.25, -0.2) is 0 Å². The van der Waals surface area contributed by atoms with Gasteiger partial charge in [-0.15, -0.1) is 0 Å². The molecule has 2 N–H and O–H groups in total. The van der Waals surface area contributed by atoms with Crippen LogP contribution >= 0.6 is 15.9 Å². The van der Waals surface area contributed by atoms with Crippen LogP contribution in [0.2, 0.25) is 0 Å². The minimum atomic E-state index is 0.673. The summed E-state index contributed by atoms with van der Waals surface area (Å²) in [7, 11) is 3.25. The predicted molar refractivity (Wildman–Crippen MR) is 103 cm³/mol. The summed E-state index contributed by atoms with van der Waals surface area (Å²) in [4.78, 5) is 0. The lowest BCUT2D eigenvalue weighted by Gasteiger charge is -2.11. The first-order valence-electron chi connectivity index (χ1n) is 7.69. The number of aromatic amines is 1. The van der Waals surface area contributed by atoms with E-state index in [4.69, 9.17) is 9.47 Å². The minimum Gasteiger partial charge on any atom is -0.493 e. The second-order valence-corrected chi connectivity index (χ2v) is 6.60. The fourth-order valence-corrected chi connectivity index (χ4v) is 3.49. The van der Waals surface area contributed by atoms with E-state index in [1.165, 1.54) is 0 Å². The lowest BCUT2D eigenvalue weighted by atomic mass is 10.1. The Bertz CT molecular complexity index is 994. The monoisotopic (exact) mass is 397 g/mol. The van der Waals surface area contributed by atoms with Crippen LogP contribution in [0.15, 0.2) is 47.4 Å². The molecule has 0 fully saturated rings. The van der Waals surface area contributed by atoms with Crippen LogP contribution in [0.1, 0.15) is 11.1 Å². The van der Waals surface area contributed by atoms with Crippen molar-refractivity contribution in [2.24, 2.45) is 0 Å². The molecule has 0 aliphatic heterocycles. The number of methoxy groups -OCH3 is 2. The molecule has 0 atom stereocenters. The van der Waals surface area contributed by atoms with Crippen LogP contribution < -0.4 is 14.8 Å². The van der Waals surface area contributed by atoms with Crippen molar-refractivity contribution in [2.45, 2.75) is 0 Å². The maximum Gasteiger partial charge on any atom is 0.161 e. The van der Waals surface area contributed by atoms with Gasteiger partial charge in [0.15, 0.2) is 11.5 Å². The maximum absolute atomic E-state index is 5.41. The molecule has 6 heteroatoms. The molecule has 1 aromatic heterocycles. The Kier molecular flexibility index (Phi) is 3.77. The van der Waals surface area contributed by atoms with E-state index in [9.17, 15) is 0 Å². The standard InChI is InChI=1S/C19H16BrN3O2/c1-10-13-8-15(24-2)16(25-3)9-14(13)18-17(10)19(23-22-18)21-12-6-4-5-11(20)7-12/h4-9H,1H2,2-3H3,(H2,21,22,23). The van der Waals surface area contributed by atoms with Crippen LogP contribution in [0.5, 0.6) is 11.5 Å². The van der Waals surface area contributed by atoms with Gasteiger partial charge >= 0.3 is 0 Å². The molecule has 3 aromatic rings. The SMILES string of the molecule is C=C1c2cc(OC)c(OC)cc2-c2n[nH]c(Nc3cccc(Br)c3)c21. The zero-order valence-corrected chi connectivity index (χ0v) is 15.4. The Hall–Kier alpha value is -2.73. The summed E-state index contributed by atoms with van der Waals surface area (Å²) in [5.74, 6) is 2.16. The fraction of sp³-hybridized carbons (Fsp3) is 0.105. The van der Waals surface area contributed by atoms with Crippen LogP contribution in [0.25, 0.3) is 16.8 Å². The molecule has 0 saturated carbocycles. The van der Waals surface area contributed by atoms with Crippen molar-refractivity contribution >= 4 is 33.0 Å². The van der Waals surface area contributed by atoms with Crippen molar-refractivity contribution < 1.29 is 9.47 Å². The Balaban J connectivity index is 1.79. The highest BCUT2D eigenvalue weighted by atomic mass is 79.9. The van der Waals surface area contributed by atoms with Gasteiger partial charge in [-0.2, -0.15) is 5.10 Å². The number of halogens is 1. The molecule has 1 aliphatic rings. The Labute approximate surface area is 153 Å². The molecule has 0 amide bonds. The van der Waals surface area contributed by atoms with Crippen LogP contribution in [-0.4, -0.2) is 24.4 Å². The molecule has 126 valence electrons. The van der Waals surface area contributed by atoms with Crippen molar-refractivity contribution in [2.75, 3.05) is 19.5 Å². The number of hydrogen-bond acceptors (Lipinski definition) is 4. The van der Waals surface area contributed by atoms with Crippen LogP contribution in [0, 0.1) is 0 Å². The van der Waals surface area contributed by atoms with Gasteiger partial charge in [-0.1, -0.05) is 28.6 Å². The molecule has 0 radical (unpaired) electrons. The van der Waals surface area contributed by atoms with E-state index >= 15 is 0 Å².